The SMILES string of the molecule is COC(=O)/C(C)=C\CC1(O)C(=O)C(C)C2C(C#N)=C(N)NC3=C2C1(C(C)C(C)C)Oc1c(CC=C(C)C)c2c(c(OC)c13)C=CC(C)(CCC=C(C)C)O2. The van der Waals surface area contributed by atoms with E-state index in [0.29, 0.717) is 40.5 Å². The van der Waals surface area contributed by atoms with E-state index in [-0.39, 0.29) is 29.3 Å². The van der Waals surface area contributed by atoms with Crippen LogP contribution < -0.4 is 25.3 Å². The molecule has 54 heavy (non-hydrogen) atoms. The van der Waals surface area contributed by atoms with Crippen molar-refractivity contribution in [3.8, 4) is 23.3 Å². The number of rotatable bonds is 11. The number of nitriles is 1. The Labute approximate surface area is 320 Å². The number of nitrogens with zero attached hydrogens (tertiary/aromatic N) is 1. The summed E-state index contributed by atoms with van der Waals surface area (Å²) in [6, 6.07) is 2.28. The molecule has 3 aliphatic heterocycles. The summed E-state index contributed by atoms with van der Waals surface area (Å²) in [6.07, 6.45) is 11.6. The molecule has 0 bridgehead atoms. The number of hydrogen-bond donors (Lipinski definition) is 3. The molecule has 0 saturated heterocycles. The third kappa shape index (κ3) is 6.34. The predicted octanol–water partition coefficient (Wildman–Crippen LogP) is 7.62. The quantitative estimate of drug-likeness (QED) is 0.117. The third-order valence-corrected chi connectivity index (χ3v) is 11.8. The van der Waals surface area contributed by atoms with E-state index in [1.165, 1.54) is 12.7 Å². The van der Waals surface area contributed by atoms with Crippen LogP contribution in [0.5, 0.6) is 17.2 Å². The summed E-state index contributed by atoms with van der Waals surface area (Å²) >= 11 is 0. The lowest BCUT2D eigenvalue weighted by Crippen LogP contribution is -2.74. The van der Waals surface area contributed by atoms with Crippen molar-refractivity contribution < 1.29 is 33.6 Å². The average Bonchev–Trinajstić information content (AvgIpc) is 3.12. The van der Waals surface area contributed by atoms with Gasteiger partial charge in [-0.3, -0.25) is 4.79 Å². The van der Waals surface area contributed by atoms with E-state index in [1.54, 1.807) is 27.0 Å². The van der Waals surface area contributed by atoms with Gasteiger partial charge in [0.25, 0.3) is 0 Å². The number of benzene rings is 1. The van der Waals surface area contributed by atoms with Crippen LogP contribution in [0.25, 0.3) is 11.8 Å². The van der Waals surface area contributed by atoms with Gasteiger partial charge in [-0.2, -0.15) is 5.26 Å². The first kappa shape index (κ1) is 40.4. The molecule has 4 N–H and O–H groups in total. The van der Waals surface area contributed by atoms with Gasteiger partial charge >= 0.3 is 5.97 Å². The van der Waals surface area contributed by atoms with Gasteiger partial charge < -0.3 is 35.1 Å². The van der Waals surface area contributed by atoms with Gasteiger partial charge in [0.2, 0.25) is 0 Å². The van der Waals surface area contributed by atoms with Crippen molar-refractivity contribution in [3.63, 3.8) is 0 Å². The van der Waals surface area contributed by atoms with Crippen LogP contribution in [0.15, 0.2) is 58.0 Å². The van der Waals surface area contributed by atoms with Crippen molar-refractivity contribution in [2.75, 3.05) is 14.2 Å². The van der Waals surface area contributed by atoms with Gasteiger partial charge in [0.05, 0.1) is 42.7 Å². The fourth-order valence-electron chi connectivity index (χ4n) is 8.57. The summed E-state index contributed by atoms with van der Waals surface area (Å²) < 4.78 is 25.8. The fourth-order valence-corrected chi connectivity index (χ4v) is 8.57. The Morgan fingerprint density at radius 1 is 1.09 bits per heavy atom. The highest BCUT2D eigenvalue weighted by atomic mass is 16.5. The Morgan fingerprint density at radius 3 is 2.33 bits per heavy atom. The van der Waals surface area contributed by atoms with Crippen LogP contribution in [0.3, 0.4) is 0 Å². The second-order valence-corrected chi connectivity index (χ2v) is 16.3. The number of ketones is 1. The van der Waals surface area contributed by atoms with Crippen molar-refractivity contribution in [1.82, 2.24) is 5.32 Å². The van der Waals surface area contributed by atoms with Gasteiger partial charge in [0.1, 0.15) is 28.7 Å². The van der Waals surface area contributed by atoms with E-state index >= 15 is 0 Å². The van der Waals surface area contributed by atoms with Crippen molar-refractivity contribution in [3.05, 3.63) is 74.7 Å². The molecule has 0 aromatic heterocycles. The molecule has 1 aliphatic carbocycles. The molecule has 0 radical (unpaired) electrons. The molecule has 1 saturated carbocycles. The molecule has 0 amide bonds. The van der Waals surface area contributed by atoms with Gasteiger partial charge in [0, 0.05) is 40.9 Å². The summed E-state index contributed by atoms with van der Waals surface area (Å²) in [5.74, 6) is -1.84. The number of dihydropyridines is 1. The van der Waals surface area contributed by atoms with Gasteiger partial charge in [-0.1, -0.05) is 57.1 Å². The molecule has 1 fully saturated rings. The van der Waals surface area contributed by atoms with E-state index in [0.717, 1.165) is 29.5 Å². The maximum Gasteiger partial charge on any atom is 0.333 e. The number of carbonyl (C=O) groups is 2. The molecular formula is C44H57N3O7. The molecule has 5 rings (SSSR count). The molecule has 3 heterocycles. The summed E-state index contributed by atoms with van der Waals surface area (Å²) in [7, 11) is 2.88. The number of allylic oxidation sites excluding steroid dienone is 5. The number of nitrogens with two attached hydrogens (primary N) is 1. The molecule has 1 aromatic rings. The Morgan fingerprint density at radius 2 is 1.76 bits per heavy atom. The second kappa shape index (κ2) is 14.8. The van der Waals surface area contributed by atoms with Gasteiger partial charge in [0.15, 0.2) is 17.0 Å². The number of fused-ring (bicyclic) bond motifs is 3. The van der Waals surface area contributed by atoms with Crippen molar-refractivity contribution in [1.29, 1.82) is 5.26 Å². The van der Waals surface area contributed by atoms with Gasteiger partial charge in [-0.15, -0.1) is 0 Å². The minimum absolute atomic E-state index is 0.121. The molecule has 10 nitrogen and oxygen atoms in total. The topological polar surface area (TPSA) is 153 Å². The molecule has 290 valence electrons. The maximum atomic E-state index is 15.0. The Balaban J connectivity index is 1.95. The van der Waals surface area contributed by atoms with E-state index in [4.69, 9.17) is 24.7 Å². The predicted molar refractivity (Wildman–Crippen MR) is 210 cm³/mol. The summed E-state index contributed by atoms with van der Waals surface area (Å²) in [6.45, 7) is 19.5. The number of Topliss-reactive ketones (excluding diaryl/α,β-unsaturated/α-hetero) is 1. The molecular weight excluding hydrogens is 682 g/mol. The Hall–Kier alpha value is -4.75. The number of methoxy groups -OCH3 is 2. The highest BCUT2D eigenvalue weighted by Gasteiger charge is 2.71. The van der Waals surface area contributed by atoms with Crippen molar-refractivity contribution in [2.24, 2.45) is 29.4 Å². The lowest BCUT2D eigenvalue weighted by Gasteiger charge is -2.60. The van der Waals surface area contributed by atoms with E-state index < -0.39 is 46.3 Å². The number of nitrogens with one attached hydrogen (secondary N) is 1. The minimum Gasteiger partial charge on any atom is -0.495 e. The number of ether oxygens (including phenoxy) is 4. The Kier molecular flexibility index (Phi) is 11.1. The monoisotopic (exact) mass is 739 g/mol. The highest BCUT2D eigenvalue weighted by Crippen LogP contribution is 2.64. The van der Waals surface area contributed by atoms with Crippen molar-refractivity contribution >= 4 is 23.5 Å². The highest BCUT2D eigenvalue weighted by molar-refractivity contribution is 5.99. The molecule has 4 aliphatic rings. The number of carbonyl (C=O) groups excluding carboxylic acids is 2. The van der Waals surface area contributed by atoms with Crippen molar-refractivity contribution in [2.45, 2.75) is 112 Å². The summed E-state index contributed by atoms with van der Waals surface area (Å²) in [5.41, 5.74) is 7.96. The summed E-state index contributed by atoms with van der Waals surface area (Å²) in [5, 5.41) is 27.3. The van der Waals surface area contributed by atoms with E-state index in [2.05, 4.69) is 50.4 Å². The second-order valence-electron chi connectivity index (χ2n) is 16.3. The Bertz CT molecular complexity index is 1980. The van der Waals surface area contributed by atoms with Crippen LogP contribution in [-0.2, 0) is 20.7 Å². The first-order valence-electron chi connectivity index (χ1n) is 18.9. The maximum absolute atomic E-state index is 15.0. The molecule has 6 unspecified atom stereocenters. The first-order chi connectivity index (χ1) is 25.3. The van der Waals surface area contributed by atoms with E-state index in [9.17, 15) is 20.0 Å². The fraction of sp³-hybridized carbons (Fsp3) is 0.523. The van der Waals surface area contributed by atoms with Crippen LogP contribution >= 0.6 is 0 Å². The normalized spacial score (nSPS) is 27.4. The van der Waals surface area contributed by atoms with Crippen LogP contribution in [0.2, 0.25) is 0 Å². The van der Waals surface area contributed by atoms with Crippen LogP contribution in [0.4, 0.5) is 0 Å². The van der Waals surface area contributed by atoms with E-state index in [1.807, 2.05) is 40.7 Å². The van der Waals surface area contributed by atoms with Crippen LogP contribution in [0.1, 0.15) is 105 Å². The lowest BCUT2D eigenvalue weighted by molar-refractivity contribution is -0.187. The zero-order valence-corrected chi connectivity index (χ0v) is 33.9. The third-order valence-electron chi connectivity index (χ3n) is 11.8. The van der Waals surface area contributed by atoms with Crippen LogP contribution in [0, 0.1) is 35.0 Å². The standard InChI is InChI=1S/C44H57N3O7/c1-23(2)14-13-19-42(10)20-18-30-36(53-42)29(16-15-24(3)4)38-33(37(30)51-11)35-34-32(31(22-45)40(46)47-35)27(8)39(48)43(50,21-17-26(7)41(49)52-12)44(34,54-38)28(9)25(5)6/h14-15,17-18,20,25,27-28,32,47,50H,13,16,19,21,46H2,1-12H3/b26-17-. The molecule has 0 spiro atoms. The smallest absolute Gasteiger partial charge is 0.333 e. The number of esters is 1. The lowest BCUT2D eigenvalue weighted by atomic mass is 9.50. The largest absolute Gasteiger partial charge is 0.495 e. The zero-order valence-electron chi connectivity index (χ0n) is 33.9. The van der Waals surface area contributed by atoms with Gasteiger partial charge in [-0.05, 0) is 78.9 Å². The summed E-state index contributed by atoms with van der Waals surface area (Å²) in [4.78, 5) is 27.6. The first-order valence-corrected chi connectivity index (χ1v) is 18.9. The molecule has 6 atom stereocenters. The molecule has 1 aromatic carbocycles. The zero-order chi connectivity index (χ0) is 40.1. The molecule has 10 heteroatoms. The van der Waals surface area contributed by atoms with Gasteiger partial charge in [-0.25, -0.2) is 4.79 Å². The number of aliphatic hydroxyl groups is 1. The minimum atomic E-state index is -2.20. The van der Waals surface area contributed by atoms with Crippen LogP contribution in [-0.4, -0.2) is 47.9 Å². The average molecular weight is 740 g/mol. The number of hydrogen-bond acceptors (Lipinski definition) is 10.